The summed E-state index contributed by atoms with van der Waals surface area (Å²) in [6, 6.07) is 3.85. The Morgan fingerprint density at radius 3 is 3.27 bits per heavy atom. The summed E-state index contributed by atoms with van der Waals surface area (Å²) in [5, 5.41) is 1.68. The zero-order valence-electron chi connectivity index (χ0n) is 6.07. The van der Waals surface area contributed by atoms with Gasteiger partial charge in [-0.05, 0) is 18.2 Å². The fraction of sp³-hybridized carbons (Fsp3) is 0.125. The molecule has 11 heavy (non-hydrogen) atoms. The minimum Gasteiger partial charge on any atom is -0.305 e. The Morgan fingerprint density at radius 2 is 2.45 bits per heavy atom. The van der Waals surface area contributed by atoms with Gasteiger partial charge in [0.2, 0.25) is 0 Å². The van der Waals surface area contributed by atoms with E-state index in [1.165, 1.54) is 0 Å². The molecule has 0 saturated heterocycles. The predicted octanol–water partition coefficient (Wildman–Crippen LogP) is 0.788. The van der Waals surface area contributed by atoms with Crippen molar-refractivity contribution >= 4 is 11.8 Å². The molecule has 0 bridgehead atoms. The second kappa shape index (κ2) is 2.36. The number of fused-ring (bicyclic) bond motifs is 1. The molecule has 1 aliphatic rings. The number of hydrogen-bond donors (Lipinski definition) is 1. The summed E-state index contributed by atoms with van der Waals surface area (Å²) in [6.07, 6.45) is 5.75. The molecule has 0 spiro atoms. The molecule has 0 aliphatic carbocycles. The highest BCUT2D eigenvalue weighted by molar-refractivity contribution is 5.67. The number of nitrogens with two attached hydrogens (primary N) is 1. The van der Waals surface area contributed by atoms with Crippen molar-refractivity contribution in [2.24, 2.45) is 5.84 Å². The van der Waals surface area contributed by atoms with Gasteiger partial charge in [-0.2, -0.15) is 0 Å². The maximum atomic E-state index is 5.69. The molecule has 56 valence electrons. The molecule has 0 fully saturated rings. The van der Waals surface area contributed by atoms with Crippen LogP contribution in [-0.2, 0) is 0 Å². The van der Waals surface area contributed by atoms with Gasteiger partial charge < -0.3 is 5.01 Å². The van der Waals surface area contributed by atoms with Gasteiger partial charge in [-0.15, -0.1) is 0 Å². The third-order valence-corrected chi connectivity index (χ3v) is 1.70. The molecule has 0 atom stereocenters. The third-order valence-electron chi connectivity index (χ3n) is 1.70. The minimum atomic E-state index is 0.763. The first-order chi connectivity index (χ1) is 5.38. The Morgan fingerprint density at radius 1 is 1.55 bits per heavy atom. The Kier molecular flexibility index (Phi) is 1.36. The summed E-state index contributed by atoms with van der Waals surface area (Å²) in [7, 11) is 0. The molecule has 0 radical (unpaired) electrons. The van der Waals surface area contributed by atoms with Crippen molar-refractivity contribution in [1.29, 1.82) is 0 Å². The molecular formula is C8H9N3. The summed E-state index contributed by atoms with van der Waals surface area (Å²) in [6.45, 7) is 0.763. The molecule has 3 nitrogen and oxygen atoms in total. The first kappa shape index (κ1) is 6.37. The molecule has 2 rings (SSSR count). The van der Waals surface area contributed by atoms with Crippen molar-refractivity contribution in [1.82, 2.24) is 4.98 Å². The number of aromatic nitrogens is 1. The zero-order valence-corrected chi connectivity index (χ0v) is 6.07. The van der Waals surface area contributed by atoms with E-state index in [1.807, 2.05) is 24.3 Å². The lowest BCUT2D eigenvalue weighted by atomic mass is 10.2. The van der Waals surface area contributed by atoms with Gasteiger partial charge in [-0.1, -0.05) is 6.08 Å². The molecule has 3 heteroatoms. The second-order valence-electron chi connectivity index (χ2n) is 2.46. The van der Waals surface area contributed by atoms with Crippen LogP contribution in [-0.4, -0.2) is 11.5 Å². The molecule has 1 aromatic heterocycles. The quantitative estimate of drug-likeness (QED) is 0.551. The number of hydrogen-bond acceptors (Lipinski definition) is 3. The summed E-state index contributed by atoms with van der Waals surface area (Å²) >= 11 is 0. The molecule has 0 aromatic carbocycles. The van der Waals surface area contributed by atoms with Crippen molar-refractivity contribution in [3.05, 3.63) is 30.1 Å². The highest BCUT2D eigenvalue weighted by atomic mass is 15.4. The number of pyridine rings is 1. The minimum absolute atomic E-state index is 0.763. The predicted molar refractivity (Wildman–Crippen MR) is 44.8 cm³/mol. The van der Waals surface area contributed by atoms with E-state index in [1.54, 1.807) is 11.2 Å². The first-order valence-electron chi connectivity index (χ1n) is 3.52. The summed E-state index contributed by atoms with van der Waals surface area (Å²) in [4.78, 5) is 4.16. The highest BCUT2D eigenvalue weighted by Gasteiger charge is 2.08. The van der Waals surface area contributed by atoms with Crippen molar-refractivity contribution < 1.29 is 0 Å². The van der Waals surface area contributed by atoms with Crippen molar-refractivity contribution in [2.75, 3.05) is 11.6 Å². The number of nitrogens with zero attached hydrogens (tertiary/aromatic N) is 2. The van der Waals surface area contributed by atoms with Crippen LogP contribution in [0.5, 0.6) is 0 Å². The molecule has 1 aliphatic heterocycles. The van der Waals surface area contributed by atoms with Crippen molar-refractivity contribution in [2.45, 2.75) is 0 Å². The average molecular weight is 147 g/mol. The topological polar surface area (TPSA) is 42.1 Å². The van der Waals surface area contributed by atoms with Gasteiger partial charge in [-0.25, -0.2) is 5.84 Å². The van der Waals surface area contributed by atoms with E-state index in [0.29, 0.717) is 0 Å². The van der Waals surface area contributed by atoms with E-state index < -0.39 is 0 Å². The van der Waals surface area contributed by atoms with Crippen LogP contribution in [0.3, 0.4) is 0 Å². The van der Waals surface area contributed by atoms with Crippen LogP contribution >= 0.6 is 0 Å². The molecule has 1 aromatic rings. The molecule has 0 amide bonds. The fourth-order valence-electron chi connectivity index (χ4n) is 1.16. The molecule has 2 heterocycles. The van der Waals surface area contributed by atoms with Gasteiger partial charge in [0.25, 0.3) is 0 Å². The average Bonchev–Trinajstić information content (AvgIpc) is 2.06. The summed E-state index contributed by atoms with van der Waals surface area (Å²) in [5.41, 5.74) is 1.94. The SMILES string of the molecule is NN1CC=Cc2ncccc21. The van der Waals surface area contributed by atoms with E-state index in [0.717, 1.165) is 17.9 Å². The van der Waals surface area contributed by atoms with Crippen LogP contribution in [0.15, 0.2) is 24.4 Å². The number of rotatable bonds is 0. The maximum absolute atomic E-state index is 5.69. The lowest BCUT2D eigenvalue weighted by molar-refractivity contribution is 0.921. The third kappa shape index (κ3) is 0.991. The van der Waals surface area contributed by atoms with E-state index >= 15 is 0 Å². The molecular weight excluding hydrogens is 138 g/mol. The van der Waals surface area contributed by atoms with Gasteiger partial charge in [0.1, 0.15) is 0 Å². The standard InChI is InChI=1S/C8H9N3/c9-11-6-2-3-7-8(11)4-1-5-10-7/h1-5H,6,9H2. The van der Waals surface area contributed by atoms with Crippen LogP contribution in [0, 0.1) is 0 Å². The monoisotopic (exact) mass is 147 g/mol. The van der Waals surface area contributed by atoms with E-state index in [-0.39, 0.29) is 0 Å². The molecule has 0 saturated carbocycles. The fourth-order valence-corrected chi connectivity index (χ4v) is 1.16. The largest absolute Gasteiger partial charge is 0.305 e. The Balaban J connectivity index is 2.54. The van der Waals surface area contributed by atoms with Gasteiger partial charge >= 0.3 is 0 Å². The Labute approximate surface area is 65.1 Å². The number of anilines is 1. The van der Waals surface area contributed by atoms with Crippen LogP contribution in [0.1, 0.15) is 5.69 Å². The van der Waals surface area contributed by atoms with Gasteiger partial charge in [-0.3, -0.25) is 4.98 Å². The van der Waals surface area contributed by atoms with Gasteiger partial charge in [0, 0.05) is 6.20 Å². The van der Waals surface area contributed by atoms with E-state index in [9.17, 15) is 0 Å². The second-order valence-corrected chi connectivity index (χ2v) is 2.46. The summed E-state index contributed by atoms with van der Waals surface area (Å²) in [5.74, 6) is 5.69. The Bertz CT molecular complexity index is 293. The lowest BCUT2D eigenvalue weighted by Crippen LogP contribution is -2.33. The van der Waals surface area contributed by atoms with E-state index in [2.05, 4.69) is 4.98 Å². The van der Waals surface area contributed by atoms with Gasteiger partial charge in [0.05, 0.1) is 17.9 Å². The maximum Gasteiger partial charge on any atom is 0.0874 e. The smallest absolute Gasteiger partial charge is 0.0874 e. The zero-order chi connectivity index (χ0) is 7.68. The van der Waals surface area contributed by atoms with Crippen LogP contribution in [0.2, 0.25) is 0 Å². The molecule has 2 N–H and O–H groups in total. The van der Waals surface area contributed by atoms with Crippen LogP contribution < -0.4 is 10.9 Å². The first-order valence-corrected chi connectivity index (χ1v) is 3.52. The van der Waals surface area contributed by atoms with Crippen LogP contribution in [0.25, 0.3) is 6.08 Å². The van der Waals surface area contributed by atoms with Crippen molar-refractivity contribution in [3.63, 3.8) is 0 Å². The van der Waals surface area contributed by atoms with Crippen LogP contribution in [0.4, 0.5) is 5.69 Å². The molecule has 0 unspecified atom stereocenters. The number of hydrazine groups is 1. The van der Waals surface area contributed by atoms with E-state index in [4.69, 9.17) is 5.84 Å². The Hall–Kier alpha value is -1.35. The summed E-state index contributed by atoms with van der Waals surface area (Å²) < 4.78 is 0. The van der Waals surface area contributed by atoms with Gasteiger partial charge in [0.15, 0.2) is 0 Å². The van der Waals surface area contributed by atoms with Crippen molar-refractivity contribution in [3.8, 4) is 0 Å². The lowest BCUT2D eigenvalue weighted by Gasteiger charge is -2.21. The normalized spacial score (nSPS) is 14.8. The highest BCUT2D eigenvalue weighted by Crippen LogP contribution is 2.19.